The number of para-hydroxylation sites is 1. The van der Waals surface area contributed by atoms with E-state index in [0.717, 1.165) is 0 Å². The molecule has 0 unspecified atom stereocenters. The summed E-state index contributed by atoms with van der Waals surface area (Å²) in [5.41, 5.74) is 1.31. The summed E-state index contributed by atoms with van der Waals surface area (Å²) in [7, 11) is 0. The predicted molar refractivity (Wildman–Crippen MR) is 81.6 cm³/mol. The average molecular weight is 344 g/mol. The van der Waals surface area contributed by atoms with E-state index in [-0.39, 0.29) is 12.3 Å². The van der Waals surface area contributed by atoms with E-state index >= 15 is 0 Å². The molecule has 1 heterocycles. The van der Waals surface area contributed by atoms with Crippen LogP contribution in [0.3, 0.4) is 0 Å². The van der Waals surface area contributed by atoms with E-state index < -0.39 is 11.7 Å². The molecule has 21 heavy (non-hydrogen) atoms. The van der Waals surface area contributed by atoms with Crippen LogP contribution in [-0.2, 0) is 4.79 Å². The van der Waals surface area contributed by atoms with Crippen molar-refractivity contribution in [1.29, 1.82) is 0 Å². The molecule has 4 nitrogen and oxygen atoms in total. The summed E-state index contributed by atoms with van der Waals surface area (Å²) in [6.45, 7) is -0.149. The topological polar surface area (TPSA) is 54.5 Å². The first kappa shape index (κ1) is 13.7. The van der Waals surface area contributed by atoms with Crippen molar-refractivity contribution in [1.82, 2.24) is 0 Å². The number of halogens is 1. The van der Waals surface area contributed by atoms with E-state index in [9.17, 15) is 14.4 Å². The molecule has 0 aromatic heterocycles. The molecule has 104 valence electrons. The third-order valence-corrected chi connectivity index (χ3v) is 3.98. The van der Waals surface area contributed by atoms with Crippen LogP contribution in [0.1, 0.15) is 20.7 Å². The Morgan fingerprint density at radius 1 is 1.00 bits per heavy atom. The van der Waals surface area contributed by atoms with Crippen LogP contribution in [0.25, 0.3) is 0 Å². The van der Waals surface area contributed by atoms with Crippen LogP contribution in [-0.4, -0.2) is 24.0 Å². The van der Waals surface area contributed by atoms with Gasteiger partial charge in [0.05, 0.1) is 17.8 Å². The van der Waals surface area contributed by atoms with Gasteiger partial charge in [0.25, 0.3) is 11.7 Å². The van der Waals surface area contributed by atoms with Crippen LogP contribution in [0.15, 0.2) is 53.0 Å². The minimum absolute atomic E-state index is 0.149. The monoisotopic (exact) mass is 343 g/mol. The van der Waals surface area contributed by atoms with Gasteiger partial charge in [0, 0.05) is 10.0 Å². The smallest absolute Gasteiger partial charge is 0.296 e. The van der Waals surface area contributed by atoms with Gasteiger partial charge in [0.1, 0.15) is 0 Å². The maximum Gasteiger partial charge on any atom is 0.299 e. The minimum atomic E-state index is -0.666. The number of benzene rings is 2. The molecule has 1 amide bonds. The fourth-order valence-corrected chi connectivity index (χ4v) is 2.90. The fourth-order valence-electron chi connectivity index (χ4n) is 2.32. The van der Waals surface area contributed by atoms with Crippen LogP contribution in [0.4, 0.5) is 5.69 Å². The van der Waals surface area contributed by atoms with Gasteiger partial charge in [-0.25, -0.2) is 0 Å². The van der Waals surface area contributed by atoms with Gasteiger partial charge in [-0.05, 0) is 28.1 Å². The van der Waals surface area contributed by atoms with Gasteiger partial charge in [-0.15, -0.1) is 0 Å². The Labute approximate surface area is 129 Å². The Balaban J connectivity index is 1.96. The van der Waals surface area contributed by atoms with Crippen molar-refractivity contribution < 1.29 is 14.4 Å². The number of anilines is 1. The molecule has 0 atom stereocenters. The normalized spacial score (nSPS) is 13.5. The summed E-state index contributed by atoms with van der Waals surface area (Å²) in [6, 6.07) is 13.7. The summed E-state index contributed by atoms with van der Waals surface area (Å²) in [6.07, 6.45) is 0. The molecule has 0 radical (unpaired) electrons. The van der Waals surface area contributed by atoms with Crippen molar-refractivity contribution in [2.45, 2.75) is 0 Å². The van der Waals surface area contributed by atoms with E-state index in [2.05, 4.69) is 15.9 Å². The zero-order chi connectivity index (χ0) is 15.0. The molecular formula is C16H10BrNO3. The lowest BCUT2D eigenvalue weighted by Gasteiger charge is -2.16. The molecule has 0 bridgehead atoms. The number of hydrogen-bond acceptors (Lipinski definition) is 3. The number of ketones is 2. The predicted octanol–water partition coefficient (Wildman–Crippen LogP) is 2.86. The number of carbonyl (C=O) groups excluding carboxylic acids is 3. The summed E-state index contributed by atoms with van der Waals surface area (Å²) >= 11 is 3.33. The fraction of sp³-hybridized carbons (Fsp3) is 0.0625. The summed E-state index contributed by atoms with van der Waals surface area (Å²) in [5, 5.41) is 0. The largest absolute Gasteiger partial charge is 0.299 e. The third-order valence-electron chi connectivity index (χ3n) is 3.34. The SMILES string of the molecule is O=C(CN1C(=O)C(=O)c2cccc(Br)c21)c1ccccc1. The maximum atomic E-state index is 12.3. The first-order chi connectivity index (χ1) is 10.1. The van der Waals surface area contributed by atoms with Crippen molar-refractivity contribution in [3.8, 4) is 0 Å². The Morgan fingerprint density at radius 2 is 1.71 bits per heavy atom. The second-order valence-electron chi connectivity index (χ2n) is 4.65. The molecule has 0 spiro atoms. The highest BCUT2D eigenvalue weighted by Gasteiger charge is 2.38. The van der Waals surface area contributed by atoms with Gasteiger partial charge in [0.15, 0.2) is 5.78 Å². The molecule has 0 saturated carbocycles. The molecule has 1 aliphatic heterocycles. The van der Waals surface area contributed by atoms with Crippen molar-refractivity contribution in [3.05, 3.63) is 64.1 Å². The summed E-state index contributed by atoms with van der Waals surface area (Å²) in [5.74, 6) is -1.45. The number of amides is 1. The van der Waals surface area contributed by atoms with Crippen LogP contribution in [0.2, 0.25) is 0 Å². The molecule has 0 N–H and O–H groups in total. The summed E-state index contributed by atoms with van der Waals surface area (Å²) < 4.78 is 0.625. The lowest BCUT2D eigenvalue weighted by molar-refractivity contribution is -0.114. The highest BCUT2D eigenvalue weighted by atomic mass is 79.9. The molecule has 2 aromatic carbocycles. The van der Waals surface area contributed by atoms with Gasteiger partial charge in [-0.3, -0.25) is 19.3 Å². The van der Waals surface area contributed by atoms with Gasteiger partial charge >= 0.3 is 0 Å². The second kappa shape index (κ2) is 5.26. The third kappa shape index (κ3) is 2.29. The number of carbonyl (C=O) groups is 3. The second-order valence-corrected chi connectivity index (χ2v) is 5.50. The van der Waals surface area contributed by atoms with Crippen molar-refractivity contribution in [3.63, 3.8) is 0 Å². The van der Waals surface area contributed by atoms with Gasteiger partial charge < -0.3 is 0 Å². The highest BCUT2D eigenvalue weighted by molar-refractivity contribution is 9.10. The lowest BCUT2D eigenvalue weighted by Crippen LogP contribution is -2.34. The Kier molecular flexibility index (Phi) is 3.43. The standard InChI is InChI=1S/C16H10BrNO3/c17-12-8-4-7-11-14(12)18(16(21)15(11)20)9-13(19)10-5-2-1-3-6-10/h1-8H,9H2. The van der Waals surface area contributed by atoms with Crippen molar-refractivity contribution in [2.24, 2.45) is 0 Å². The minimum Gasteiger partial charge on any atom is -0.296 e. The summed E-state index contributed by atoms with van der Waals surface area (Å²) in [4.78, 5) is 37.5. The van der Waals surface area contributed by atoms with E-state index in [1.165, 1.54) is 4.90 Å². The van der Waals surface area contributed by atoms with E-state index in [0.29, 0.717) is 21.3 Å². The first-order valence-corrected chi connectivity index (χ1v) is 7.12. The average Bonchev–Trinajstić information content (AvgIpc) is 2.74. The lowest BCUT2D eigenvalue weighted by atomic mass is 10.1. The Bertz CT molecular complexity index is 755. The molecule has 3 rings (SSSR count). The number of nitrogens with zero attached hydrogens (tertiary/aromatic N) is 1. The number of fused-ring (bicyclic) bond motifs is 1. The highest BCUT2D eigenvalue weighted by Crippen LogP contribution is 2.35. The maximum absolute atomic E-state index is 12.3. The molecule has 2 aromatic rings. The van der Waals surface area contributed by atoms with E-state index in [1.54, 1.807) is 42.5 Å². The molecule has 1 aliphatic rings. The zero-order valence-electron chi connectivity index (χ0n) is 10.9. The number of Topliss-reactive ketones (excluding diaryl/α,β-unsaturated/α-hetero) is 2. The van der Waals surface area contributed by atoms with E-state index in [1.807, 2.05) is 6.07 Å². The molecule has 0 aliphatic carbocycles. The van der Waals surface area contributed by atoms with Gasteiger partial charge in [-0.2, -0.15) is 0 Å². The van der Waals surface area contributed by atoms with Crippen LogP contribution in [0.5, 0.6) is 0 Å². The van der Waals surface area contributed by atoms with Crippen LogP contribution >= 0.6 is 15.9 Å². The number of rotatable bonds is 3. The van der Waals surface area contributed by atoms with Crippen LogP contribution in [0, 0.1) is 0 Å². The van der Waals surface area contributed by atoms with E-state index in [4.69, 9.17) is 0 Å². The quantitative estimate of drug-likeness (QED) is 0.636. The molecule has 5 heteroatoms. The van der Waals surface area contributed by atoms with Gasteiger partial charge in [0.2, 0.25) is 0 Å². The van der Waals surface area contributed by atoms with Gasteiger partial charge in [-0.1, -0.05) is 36.4 Å². The first-order valence-electron chi connectivity index (χ1n) is 6.32. The zero-order valence-corrected chi connectivity index (χ0v) is 12.5. The molecule has 0 fully saturated rings. The van der Waals surface area contributed by atoms with Crippen LogP contribution < -0.4 is 4.90 Å². The molecular weight excluding hydrogens is 334 g/mol. The number of hydrogen-bond donors (Lipinski definition) is 0. The Hall–Kier alpha value is -2.27. The molecule has 0 saturated heterocycles. The Morgan fingerprint density at radius 3 is 2.43 bits per heavy atom. The van der Waals surface area contributed by atoms with Crippen molar-refractivity contribution >= 4 is 39.1 Å². The van der Waals surface area contributed by atoms with Crippen molar-refractivity contribution in [2.75, 3.05) is 11.4 Å².